The Morgan fingerprint density at radius 1 is 0.614 bits per heavy atom. The molecule has 8 rings (SSSR count). The average molecular weight is 570 g/mol. The molecule has 44 heavy (non-hydrogen) atoms. The van der Waals surface area contributed by atoms with Crippen LogP contribution in [0.25, 0.3) is 43.1 Å². The van der Waals surface area contributed by atoms with Crippen LogP contribution in [0.15, 0.2) is 91.0 Å². The summed E-state index contributed by atoms with van der Waals surface area (Å²) in [6, 6.07) is 30.1. The molecule has 0 N–H and O–H groups in total. The van der Waals surface area contributed by atoms with Crippen LogP contribution in [0.4, 0.5) is 5.69 Å². The zero-order valence-corrected chi connectivity index (χ0v) is 24.8. The molecule has 7 aromatic rings. The van der Waals surface area contributed by atoms with Crippen LogP contribution in [-0.2, 0) is 0 Å². The summed E-state index contributed by atoms with van der Waals surface area (Å²) >= 11 is 0. The molecular formula is C40H27NO3. The molecule has 2 amide bonds. The molecule has 0 saturated heterocycles. The van der Waals surface area contributed by atoms with Crippen LogP contribution < -0.4 is 9.64 Å². The molecular weight excluding hydrogens is 542 g/mol. The first-order valence-corrected chi connectivity index (χ1v) is 14.7. The summed E-state index contributed by atoms with van der Waals surface area (Å²) in [5.74, 6) is 6.97. The molecule has 0 atom stereocenters. The molecule has 1 aliphatic heterocycles. The third-order valence-electron chi connectivity index (χ3n) is 8.84. The normalized spacial score (nSPS) is 12.9. The van der Waals surface area contributed by atoms with Crippen LogP contribution in [0, 0.1) is 32.6 Å². The SMILES string of the molecule is CC#Cc1cc(C)c(N2C(=O)c3ccc4c5cccc6c(Oc7ccc(C)cc7)ccc(c7ccc(c3c47)C2=O)c65)c(C)c1. The van der Waals surface area contributed by atoms with Crippen LogP contribution in [-0.4, -0.2) is 11.8 Å². The molecule has 0 saturated carbocycles. The van der Waals surface area contributed by atoms with Crippen LogP contribution in [0.1, 0.15) is 49.9 Å². The number of nitrogens with zero attached hydrogens (tertiary/aromatic N) is 1. The minimum atomic E-state index is -0.308. The van der Waals surface area contributed by atoms with Crippen LogP contribution >= 0.6 is 0 Å². The maximum absolute atomic E-state index is 14.2. The van der Waals surface area contributed by atoms with Gasteiger partial charge < -0.3 is 4.74 Å². The summed E-state index contributed by atoms with van der Waals surface area (Å²) in [4.78, 5) is 29.7. The molecule has 4 nitrogen and oxygen atoms in total. The zero-order valence-electron chi connectivity index (χ0n) is 24.8. The Hall–Kier alpha value is -5.66. The number of imide groups is 1. The Morgan fingerprint density at radius 3 is 1.82 bits per heavy atom. The highest BCUT2D eigenvalue weighted by Gasteiger charge is 2.36. The first-order chi connectivity index (χ1) is 21.4. The lowest BCUT2D eigenvalue weighted by molar-refractivity contribution is 0.0893. The number of anilines is 1. The molecule has 1 aliphatic rings. The van der Waals surface area contributed by atoms with Gasteiger partial charge in [0.25, 0.3) is 11.8 Å². The van der Waals surface area contributed by atoms with Crippen molar-refractivity contribution in [3.63, 3.8) is 0 Å². The van der Waals surface area contributed by atoms with Gasteiger partial charge in [-0.15, -0.1) is 5.92 Å². The van der Waals surface area contributed by atoms with E-state index in [0.29, 0.717) is 16.8 Å². The fourth-order valence-corrected chi connectivity index (χ4v) is 7.01. The predicted molar refractivity (Wildman–Crippen MR) is 179 cm³/mol. The second-order valence-electron chi connectivity index (χ2n) is 11.6. The Kier molecular flexibility index (Phi) is 5.57. The van der Waals surface area contributed by atoms with Gasteiger partial charge in [0, 0.05) is 32.8 Å². The summed E-state index contributed by atoms with van der Waals surface area (Å²) in [7, 11) is 0. The number of aryl methyl sites for hydroxylation is 3. The Balaban J connectivity index is 1.35. The molecule has 0 radical (unpaired) electrons. The number of ether oxygens (including phenoxy) is 1. The first kappa shape index (κ1) is 26.0. The van der Waals surface area contributed by atoms with Crippen molar-refractivity contribution in [2.75, 3.05) is 4.90 Å². The fraction of sp³-hybridized carbons (Fsp3) is 0.100. The summed E-state index contributed by atoms with van der Waals surface area (Å²) in [5.41, 5.74) is 5.40. The Labute approximate surface area is 254 Å². The minimum absolute atomic E-state index is 0.308. The summed E-state index contributed by atoms with van der Waals surface area (Å²) in [6.07, 6.45) is 0. The van der Waals surface area contributed by atoms with Crippen molar-refractivity contribution in [2.24, 2.45) is 0 Å². The van der Waals surface area contributed by atoms with E-state index in [1.807, 2.05) is 86.6 Å². The number of carbonyl (C=O) groups excluding carboxylic acids is 2. The van der Waals surface area contributed by atoms with Gasteiger partial charge in [0.05, 0.1) is 5.69 Å². The Morgan fingerprint density at radius 2 is 1.18 bits per heavy atom. The van der Waals surface area contributed by atoms with Crippen molar-refractivity contribution in [1.82, 2.24) is 0 Å². The van der Waals surface area contributed by atoms with Crippen molar-refractivity contribution in [3.05, 3.63) is 124 Å². The first-order valence-electron chi connectivity index (χ1n) is 14.7. The molecule has 1 heterocycles. The van der Waals surface area contributed by atoms with Crippen LogP contribution in [0.3, 0.4) is 0 Å². The monoisotopic (exact) mass is 569 g/mol. The van der Waals surface area contributed by atoms with Gasteiger partial charge in [-0.1, -0.05) is 53.9 Å². The van der Waals surface area contributed by atoms with Gasteiger partial charge in [0.15, 0.2) is 0 Å². The average Bonchev–Trinajstić information content (AvgIpc) is 3.02. The number of carbonyl (C=O) groups is 2. The number of benzene rings is 7. The van der Waals surface area contributed by atoms with Crippen molar-refractivity contribution >= 4 is 60.6 Å². The van der Waals surface area contributed by atoms with E-state index in [4.69, 9.17) is 4.74 Å². The zero-order chi connectivity index (χ0) is 30.3. The van der Waals surface area contributed by atoms with Gasteiger partial charge in [-0.2, -0.15) is 0 Å². The second kappa shape index (κ2) is 9.42. The summed E-state index contributed by atoms with van der Waals surface area (Å²) in [6.45, 7) is 7.70. The van der Waals surface area contributed by atoms with E-state index in [-0.39, 0.29) is 11.8 Å². The van der Waals surface area contributed by atoms with E-state index in [1.54, 1.807) is 6.92 Å². The number of amides is 2. The van der Waals surface area contributed by atoms with Gasteiger partial charge in [-0.3, -0.25) is 9.59 Å². The van der Waals surface area contributed by atoms with Crippen molar-refractivity contribution in [1.29, 1.82) is 0 Å². The molecule has 0 spiro atoms. The molecule has 210 valence electrons. The van der Waals surface area contributed by atoms with Gasteiger partial charge >= 0.3 is 0 Å². The Bertz CT molecular complexity index is 2350. The second-order valence-corrected chi connectivity index (χ2v) is 11.6. The molecule has 0 fully saturated rings. The molecule has 0 aromatic heterocycles. The van der Waals surface area contributed by atoms with Crippen molar-refractivity contribution in [3.8, 4) is 23.3 Å². The number of fused-ring (bicyclic) bond motifs is 2. The minimum Gasteiger partial charge on any atom is -0.457 e. The number of hydrogen-bond donors (Lipinski definition) is 0. The van der Waals surface area contributed by atoms with Gasteiger partial charge in [0.1, 0.15) is 11.5 Å². The highest BCUT2D eigenvalue weighted by atomic mass is 16.5. The van der Waals surface area contributed by atoms with E-state index in [0.717, 1.165) is 71.3 Å². The summed E-state index contributed by atoms with van der Waals surface area (Å²) in [5, 5.41) is 7.91. The van der Waals surface area contributed by atoms with Gasteiger partial charge in [0.2, 0.25) is 0 Å². The molecule has 0 unspecified atom stereocenters. The van der Waals surface area contributed by atoms with Gasteiger partial charge in [-0.05, 0) is 114 Å². The van der Waals surface area contributed by atoms with E-state index >= 15 is 0 Å². The molecule has 4 heteroatoms. The maximum Gasteiger partial charge on any atom is 0.266 e. The van der Waals surface area contributed by atoms with Crippen molar-refractivity contribution < 1.29 is 14.3 Å². The lowest BCUT2D eigenvalue weighted by Crippen LogP contribution is -2.41. The molecule has 0 aliphatic carbocycles. The smallest absolute Gasteiger partial charge is 0.266 e. The predicted octanol–water partition coefficient (Wildman–Crippen LogP) is 9.63. The lowest BCUT2D eigenvalue weighted by Gasteiger charge is -2.30. The fourth-order valence-electron chi connectivity index (χ4n) is 7.01. The standard InChI is InChI=1S/C40H27NO3/c1-5-7-25-20-23(3)38(24(4)21-25)41-39(42)32-16-14-29-27-8-6-9-31-34(44-26-12-10-22(2)11-13-26)19-18-28(35(27)31)30-15-17-33(40(41)43)37(32)36(29)30/h6,8-21H,1-4H3. The quantitative estimate of drug-likeness (QED) is 0.0921. The lowest BCUT2D eigenvalue weighted by atomic mass is 9.84. The molecule has 0 bridgehead atoms. The number of rotatable bonds is 3. The van der Waals surface area contributed by atoms with Gasteiger partial charge in [-0.25, -0.2) is 4.90 Å². The largest absolute Gasteiger partial charge is 0.457 e. The number of hydrogen-bond acceptors (Lipinski definition) is 3. The van der Waals surface area contributed by atoms with E-state index in [1.165, 1.54) is 10.5 Å². The maximum atomic E-state index is 14.2. The van der Waals surface area contributed by atoms with E-state index < -0.39 is 0 Å². The van der Waals surface area contributed by atoms with Crippen LogP contribution in [0.2, 0.25) is 0 Å². The van der Waals surface area contributed by atoms with Crippen LogP contribution in [0.5, 0.6) is 11.5 Å². The summed E-state index contributed by atoms with van der Waals surface area (Å²) < 4.78 is 6.37. The topological polar surface area (TPSA) is 46.6 Å². The third kappa shape index (κ3) is 3.60. The highest BCUT2D eigenvalue weighted by molar-refractivity contribution is 6.42. The molecule has 7 aromatic carbocycles. The van der Waals surface area contributed by atoms with E-state index in [2.05, 4.69) is 37.0 Å². The third-order valence-corrected chi connectivity index (χ3v) is 8.84. The van der Waals surface area contributed by atoms with E-state index in [9.17, 15) is 9.59 Å². The highest BCUT2D eigenvalue weighted by Crippen LogP contribution is 2.46. The van der Waals surface area contributed by atoms with Crippen molar-refractivity contribution in [2.45, 2.75) is 27.7 Å².